The molecular formula is C18H25N3O3. The van der Waals surface area contributed by atoms with Crippen LogP contribution in [0.15, 0.2) is 24.3 Å². The van der Waals surface area contributed by atoms with Crippen molar-refractivity contribution in [2.45, 2.75) is 40.7 Å². The van der Waals surface area contributed by atoms with E-state index in [0.717, 1.165) is 16.9 Å². The minimum atomic E-state index is -0.426. The van der Waals surface area contributed by atoms with Crippen LogP contribution in [0.5, 0.6) is 0 Å². The highest BCUT2D eigenvalue weighted by atomic mass is 16.5. The second-order valence-electron chi connectivity index (χ2n) is 6.66. The van der Waals surface area contributed by atoms with Gasteiger partial charge in [0.1, 0.15) is 12.4 Å². The Kier molecular flexibility index (Phi) is 5.59. The van der Waals surface area contributed by atoms with E-state index in [2.05, 4.69) is 10.3 Å². The molecule has 1 aromatic carbocycles. The molecule has 6 heteroatoms. The molecule has 0 radical (unpaired) electrons. The topological polar surface area (TPSA) is 73.2 Å². The van der Waals surface area contributed by atoms with Crippen molar-refractivity contribution in [1.29, 1.82) is 0 Å². The number of fused-ring (bicyclic) bond motifs is 1. The van der Waals surface area contributed by atoms with Crippen LogP contribution in [0.1, 0.15) is 33.5 Å². The van der Waals surface area contributed by atoms with Gasteiger partial charge in [-0.05, 0) is 19.1 Å². The lowest BCUT2D eigenvalue weighted by molar-refractivity contribution is -0.143. The first-order chi connectivity index (χ1) is 11.3. The Morgan fingerprint density at radius 1 is 1.25 bits per heavy atom. The minimum absolute atomic E-state index is 0.00412. The maximum Gasteiger partial charge on any atom is 0.326 e. The number of nitrogens with zero attached hydrogens (tertiary/aromatic N) is 2. The van der Waals surface area contributed by atoms with E-state index in [0.29, 0.717) is 19.6 Å². The molecule has 24 heavy (non-hydrogen) atoms. The molecular weight excluding hydrogens is 306 g/mol. The molecule has 0 saturated heterocycles. The SMILES string of the molecule is CCOC(=O)Cn1c(CCNC(=O)C(C)(C)C)nc2ccccc21. The lowest BCUT2D eigenvalue weighted by Crippen LogP contribution is -2.36. The Labute approximate surface area is 142 Å². The number of esters is 1. The number of ether oxygens (including phenoxy) is 1. The van der Waals surface area contributed by atoms with Crippen molar-refractivity contribution in [2.75, 3.05) is 13.2 Å². The van der Waals surface area contributed by atoms with Crippen LogP contribution in [-0.2, 0) is 27.3 Å². The molecule has 2 aromatic rings. The van der Waals surface area contributed by atoms with Crippen molar-refractivity contribution in [2.24, 2.45) is 5.41 Å². The molecule has 130 valence electrons. The summed E-state index contributed by atoms with van der Waals surface area (Å²) in [6.45, 7) is 8.35. The number of nitrogens with one attached hydrogen (secondary N) is 1. The third-order valence-electron chi connectivity index (χ3n) is 3.64. The summed E-state index contributed by atoms with van der Waals surface area (Å²) in [6, 6.07) is 7.67. The third-order valence-corrected chi connectivity index (χ3v) is 3.64. The molecule has 1 N–H and O–H groups in total. The molecule has 0 unspecified atom stereocenters. The minimum Gasteiger partial charge on any atom is -0.465 e. The maximum absolute atomic E-state index is 12.0. The lowest BCUT2D eigenvalue weighted by Gasteiger charge is -2.17. The average Bonchev–Trinajstić information content (AvgIpc) is 2.84. The highest BCUT2D eigenvalue weighted by molar-refractivity contribution is 5.81. The summed E-state index contributed by atoms with van der Waals surface area (Å²) in [5.41, 5.74) is 1.30. The average molecular weight is 331 g/mol. The number of amides is 1. The van der Waals surface area contributed by atoms with Gasteiger partial charge >= 0.3 is 5.97 Å². The monoisotopic (exact) mass is 331 g/mol. The highest BCUT2D eigenvalue weighted by Crippen LogP contribution is 2.17. The van der Waals surface area contributed by atoms with Crippen molar-refractivity contribution in [3.63, 3.8) is 0 Å². The van der Waals surface area contributed by atoms with Crippen LogP contribution in [0.3, 0.4) is 0 Å². The Morgan fingerprint density at radius 3 is 2.62 bits per heavy atom. The second kappa shape index (κ2) is 7.47. The van der Waals surface area contributed by atoms with Gasteiger partial charge < -0.3 is 14.6 Å². The van der Waals surface area contributed by atoms with Gasteiger partial charge in [0.05, 0.1) is 17.6 Å². The van der Waals surface area contributed by atoms with E-state index in [1.165, 1.54) is 0 Å². The predicted octanol–water partition coefficient (Wildman–Crippen LogP) is 2.30. The maximum atomic E-state index is 12.0. The quantitative estimate of drug-likeness (QED) is 0.824. The smallest absolute Gasteiger partial charge is 0.326 e. The van der Waals surface area contributed by atoms with E-state index in [1.54, 1.807) is 6.92 Å². The van der Waals surface area contributed by atoms with Crippen molar-refractivity contribution in [3.05, 3.63) is 30.1 Å². The van der Waals surface area contributed by atoms with E-state index in [9.17, 15) is 9.59 Å². The van der Waals surface area contributed by atoms with E-state index in [-0.39, 0.29) is 18.4 Å². The Hall–Kier alpha value is -2.37. The summed E-state index contributed by atoms with van der Waals surface area (Å²) >= 11 is 0. The van der Waals surface area contributed by atoms with Crippen LogP contribution >= 0.6 is 0 Å². The molecule has 0 spiro atoms. The van der Waals surface area contributed by atoms with Crippen molar-refractivity contribution in [3.8, 4) is 0 Å². The second-order valence-corrected chi connectivity index (χ2v) is 6.66. The molecule has 0 fully saturated rings. The summed E-state index contributed by atoms with van der Waals surface area (Å²) in [5, 5.41) is 2.91. The summed E-state index contributed by atoms with van der Waals surface area (Å²) in [6.07, 6.45) is 0.551. The van der Waals surface area contributed by atoms with Crippen LogP contribution in [0, 0.1) is 5.41 Å². The lowest BCUT2D eigenvalue weighted by atomic mass is 9.96. The standard InChI is InChI=1S/C18H25N3O3/c1-5-24-16(22)12-21-14-9-7-6-8-13(14)20-15(21)10-11-19-17(23)18(2,3)4/h6-9H,5,10-12H2,1-4H3,(H,19,23). The first-order valence-electron chi connectivity index (χ1n) is 8.21. The van der Waals surface area contributed by atoms with Crippen molar-refractivity contribution in [1.82, 2.24) is 14.9 Å². The molecule has 0 aliphatic rings. The van der Waals surface area contributed by atoms with Gasteiger partial charge in [-0.3, -0.25) is 9.59 Å². The molecule has 0 aliphatic heterocycles. The number of aromatic nitrogens is 2. The molecule has 0 aliphatic carbocycles. The van der Waals surface area contributed by atoms with Crippen LogP contribution in [0.4, 0.5) is 0 Å². The number of carbonyl (C=O) groups is 2. The highest BCUT2D eigenvalue weighted by Gasteiger charge is 2.21. The zero-order valence-corrected chi connectivity index (χ0v) is 14.8. The largest absolute Gasteiger partial charge is 0.465 e. The fourth-order valence-electron chi connectivity index (χ4n) is 2.38. The van der Waals surface area contributed by atoms with Gasteiger partial charge in [0.2, 0.25) is 5.91 Å². The van der Waals surface area contributed by atoms with Gasteiger partial charge in [-0.2, -0.15) is 0 Å². The van der Waals surface area contributed by atoms with Gasteiger partial charge in [-0.1, -0.05) is 32.9 Å². The molecule has 1 heterocycles. The first-order valence-corrected chi connectivity index (χ1v) is 8.21. The van der Waals surface area contributed by atoms with Crippen LogP contribution in [-0.4, -0.2) is 34.6 Å². The Balaban J connectivity index is 2.16. The molecule has 1 amide bonds. The molecule has 1 aromatic heterocycles. The number of carbonyl (C=O) groups excluding carboxylic acids is 2. The molecule has 0 saturated carbocycles. The number of hydrogen-bond acceptors (Lipinski definition) is 4. The van der Waals surface area contributed by atoms with Crippen LogP contribution in [0.25, 0.3) is 11.0 Å². The Morgan fingerprint density at radius 2 is 1.96 bits per heavy atom. The van der Waals surface area contributed by atoms with E-state index in [4.69, 9.17) is 4.74 Å². The van der Waals surface area contributed by atoms with Gasteiger partial charge in [-0.15, -0.1) is 0 Å². The molecule has 2 rings (SSSR count). The summed E-state index contributed by atoms with van der Waals surface area (Å²) in [7, 11) is 0. The number of imidazole rings is 1. The van der Waals surface area contributed by atoms with E-state index < -0.39 is 5.41 Å². The molecule has 0 bridgehead atoms. The zero-order valence-electron chi connectivity index (χ0n) is 14.8. The van der Waals surface area contributed by atoms with Crippen LogP contribution < -0.4 is 5.32 Å². The predicted molar refractivity (Wildman–Crippen MR) is 92.5 cm³/mol. The fraction of sp³-hybridized carbons (Fsp3) is 0.500. The van der Waals surface area contributed by atoms with Crippen molar-refractivity contribution < 1.29 is 14.3 Å². The third kappa shape index (κ3) is 4.34. The Bertz CT molecular complexity index is 729. The number of para-hydroxylation sites is 2. The first kappa shape index (κ1) is 18.0. The summed E-state index contributed by atoms with van der Waals surface area (Å²) in [5.74, 6) is 0.467. The number of rotatable bonds is 6. The molecule has 0 atom stereocenters. The van der Waals surface area contributed by atoms with Gasteiger partial charge in [0.25, 0.3) is 0 Å². The van der Waals surface area contributed by atoms with Crippen LogP contribution in [0.2, 0.25) is 0 Å². The zero-order chi connectivity index (χ0) is 17.7. The fourth-order valence-corrected chi connectivity index (χ4v) is 2.38. The normalized spacial score (nSPS) is 11.5. The van der Waals surface area contributed by atoms with Gasteiger partial charge in [0.15, 0.2) is 0 Å². The number of benzene rings is 1. The van der Waals surface area contributed by atoms with Gasteiger partial charge in [0, 0.05) is 18.4 Å². The van der Waals surface area contributed by atoms with Crippen molar-refractivity contribution >= 4 is 22.9 Å². The summed E-state index contributed by atoms with van der Waals surface area (Å²) in [4.78, 5) is 28.4. The van der Waals surface area contributed by atoms with E-state index >= 15 is 0 Å². The molecule has 6 nitrogen and oxygen atoms in total. The summed E-state index contributed by atoms with van der Waals surface area (Å²) < 4.78 is 6.91. The van der Waals surface area contributed by atoms with Gasteiger partial charge in [-0.25, -0.2) is 4.98 Å². The van der Waals surface area contributed by atoms with E-state index in [1.807, 2.05) is 49.6 Å². The number of hydrogen-bond donors (Lipinski definition) is 1.